The number of aromatic nitrogens is 1. The molecule has 0 radical (unpaired) electrons. The first-order valence-corrected chi connectivity index (χ1v) is 5.25. The number of halogens is 1. The van der Waals surface area contributed by atoms with Crippen molar-refractivity contribution in [2.75, 3.05) is 13.1 Å². The topological polar surface area (TPSA) is 38.1 Å². The van der Waals surface area contributed by atoms with Crippen LogP contribution in [0.3, 0.4) is 0 Å². The van der Waals surface area contributed by atoms with Crippen molar-refractivity contribution in [1.29, 1.82) is 0 Å². The largest absolute Gasteiger partial charge is 0.448 e. The van der Waals surface area contributed by atoms with E-state index in [0.29, 0.717) is 23.1 Å². The van der Waals surface area contributed by atoms with E-state index in [1.807, 2.05) is 0 Å². The highest BCUT2D eigenvalue weighted by Crippen LogP contribution is 2.25. The minimum absolute atomic E-state index is 0.269. The van der Waals surface area contributed by atoms with Gasteiger partial charge in [0.1, 0.15) is 17.8 Å². The van der Waals surface area contributed by atoms with Crippen LogP contribution in [0.4, 0.5) is 4.39 Å². The zero-order valence-electron chi connectivity index (χ0n) is 8.61. The van der Waals surface area contributed by atoms with E-state index in [9.17, 15) is 4.39 Å². The van der Waals surface area contributed by atoms with E-state index in [0.717, 1.165) is 13.1 Å². The fraction of sp³-hybridized carbons (Fsp3) is 0.250. The van der Waals surface area contributed by atoms with Crippen molar-refractivity contribution in [2.24, 2.45) is 0 Å². The molecule has 3 rings (SSSR count). The molecule has 0 aliphatic carbocycles. The summed E-state index contributed by atoms with van der Waals surface area (Å²) in [5.41, 5.74) is 1.06. The van der Waals surface area contributed by atoms with Crippen LogP contribution < -0.4 is 5.32 Å². The lowest BCUT2D eigenvalue weighted by atomic mass is 10.0. The molecule has 1 aromatic carbocycles. The molecule has 1 N–H and O–H groups in total. The maximum Gasteiger partial charge on any atom is 0.200 e. The molecule has 16 heavy (non-hydrogen) atoms. The Kier molecular flexibility index (Phi) is 2.22. The van der Waals surface area contributed by atoms with Crippen molar-refractivity contribution in [3.05, 3.63) is 42.2 Å². The summed E-state index contributed by atoms with van der Waals surface area (Å²) in [7, 11) is 0. The monoisotopic (exact) mass is 218 g/mol. The molecule has 1 aromatic heterocycles. The van der Waals surface area contributed by atoms with Gasteiger partial charge >= 0.3 is 0 Å². The molecular weight excluding hydrogens is 207 g/mol. The van der Waals surface area contributed by atoms with E-state index < -0.39 is 0 Å². The van der Waals surface area contributed by atoms with Crippen LogP contribution in [0.2, 0.25) is 0 Å². The van der Waals surface area contributed by atoms with Crippen molar-refractivity contribution in [3.8, 4) is 11.3 Å². The first-order valence-electron chi connectivity index (χ1n) is 5.25. The van der Waals surface area contributed by atoms with Crippen LogP contribution in [0.1, 0.15) is 11.8 Å². The molecule has 0 unspecified atom stereocenters. The number of hydrogen-bond acceptors (Lipinski definition) is 3. The summed E-state index contributed by atoms with van der Waals surface area (Å²) in [6, 6.07) is 6.58. The van der Waals surface area contributed by atoms with Gasteiger partial charge in [-0.2, -0.15) is 0 Å². The number of nitrogens with zero attached hydrogens (tertiary/aromatic N) is 1. The molecule has 1 saturated heterocycles. The van der Waals surface area contributed by atoms with E-state index in [1.165, 1.54) is 12.3 Å². The zero-order valence-corrected chi connectivity index (χ0v) is 8.61. The summed E-state index contributed by atoms with van der Waals surface area (Å²) in [6.07, 6.45) is 1.52. The molecule has 2 aromatic rings. The quantitative estimate of drug-likeness (QED) is 0.839. The van der Waals surface area contributed by atoms with Gasteiger partial charge in [-0.05, 0) is 12.1 Å². The SMILES string of the molecule is Fc1ccccc1-c1coc(C2CNC2)n1. The van der Waals surface area contributed by atoms with Gasteiger partial charge in [0.15, 0.2) is 5.89 Å². The minimum atomic E-state index is -0.269. The highest BCUT2D eigenvalue weighted by molar-refractivity contribution is 5.58. The summed E-state index contributed by atoms with van der Waals surface area (Å²) in [5.74, 6) is 0.756. The fourth-order valence-corrected chi connectivity index (χ4v) is 1.73. The Hall–Kier alpha value is -1.68. The maximum absolute atomic E-state index is 13.5. The summed E-state index contributed by atoms with van der Waals surface area (Å²) in [6.45, 7) is 1.77. The molecule has 4 heteroatoms. The third-order valence-electron chi connectivity index (χ3n) is 2.80. The van der Waals surface area contributed by atoms with Gasteiger partial charge in [0, 0.05) is 18.7 Å². The molecule has 1 fully saturated rings. The van der Waals surface area contributed by atoms with Gasteiger partial charge in [-0.25, -0.2) is 9.37 Å². The van der Waals surface area contributed by atoms with Gasteiger partial charge in [-0.15, -0.1) is 0 Å². The number of benzene rings is 1. The van der Waals surface area contributed by atoms with Crippen molar-refractivity contribution in [1.82, 2.24) is 10.3 Å². The van der Waals surface area contributed by atoms with Gasteiger partial charge < -0.3 is 9.73 Å². The number of hydrogen-bond donors (Lipinski definition) is 1. The predicted octanol–water partition coefficient (Wildman–Crippen LogP) is 2.17. The lowest BCUT2D eigenvalue weighted by Gasteiger charge is -2.23. The van der Waals surface area contributed by atoms with Crippen LogP contribution in [-0.2, 0) is 0 Å². The van der Waals surface area contributed by atoms with Crippen LogP contribution in [0.15, 0.2) is 34.9 Å². The van der Waals surface area contributed by atoms with Crippen molar-refractivity contribution in [2.45, 2.75) is 5.92 Å². The van der Waals surface area contributed by atoms with Crippen molar-refractivity contribution < 1.29 is 8.81 Å². The molecule has 1 aliphatic heterocycles. The third-order valence-corrected chi connectivity index (χ3v) is 2.80. The maximum atomic E-state index is 13.5. The van der Waals surface area contributed by atoms with Crippen molar-refractivity contribution >= 4 is 0 Å². The van der Waals surface area contributed by atoms with E-state index in [1.54, 1.807) is 18.2 Å². The molecule has 0 spiro atoms. The summed E-state index contributed by atoms with van der Waals surface area (Å²) in [5, 5.41) is 3.15. The Bertz CT molecular complexity index is 505. The molecule has 82 valence electrons. The van der Waals surface area contributed by atoms with Gasteiger partial charge in [0.2, 0.25) is 0 Å². The second-order valence-electron chi connectivity index (χ2n) is 3.91. The molecule has 2 heterocycles. The minimum Gasteiger partial charge on any atom is -0.448 e. The predicted molar refractivity (Wildman–Crippen MR) is 57.5 cm³/mol. The molecular formula is C12H11FN2O. The van der Waals surface area contributed by atoms with E-state index in [2.05, 4.69) is 10.3 Å². The van der Waals surface area contributed by atoms with Gasteiger partial charge in [-0.3, -0.25) is 0 Å². The van der Waals surface area contributed by atoms with Gasteiger partial charge in [0.25, 0.3) is 0 Å². The Labute approximate surface area is 92.3 Å². The molecule has 0 saturated carbocycles. The molecule has 0 amide bonds. The lowest BCUT2D eigenvalue weighted by molar-refractivity contribution is 0.357. The summed E-state index contributed by atoms with van der Waals surface area (Å²) >= 11 is 0. The average Bonchev–Trinajstić information content (AvgIpc) is 2.65. The molecule has 0 bridgehead atoms. The number of rotatable bonds is 2. The Morgan fingerprint density at radius 1 is 1.31 bits per heavy atom. The van der Waals surface area contributed by atoms with Crippen LogP contribution >= 0.6 is 0 Å². The second kappa shape index (κ2) is 3.72. The number of nitrogens with one attached hydrogen (secondary N) is 1. The Morgan fingerprint density at radius 2 is 2.12 bits per heavy atom. The average molecular weight is 218 g/mol. The molecule has 3 nitrogen and oxygen atoms in total. The van der Waals surface area contributed by atoms with Gasteiger partial charge in [-0.1, -0.05) is 12.1 Å². The summed E-state index contributed by atoms with van der Waals surface area (Å²) < 4.78 is 18.8. The Balaban J connectivity index is 1.95. The van der Waals surface area contributed by atoms with Crippen LogP contribution in [0.25, 0.3) is 11.3 Å². The van der Waals surface area contributed by atoms with Crippen molar-refractivity contribution in [3.63, 3.8) is 0 Å². The first kappa shape index (κ1) is 9.54. The van der Waals surface area contributed by atoms with Crippen LogP contribution in [0.5, 0.6) is 0 Å². The summed E-state index contributed by atoms with van der Waals surface area (Å²) in [4.78, 5) is 4.32. The first-order chi connectivity index (χ1) is 7.84. The lowest BCUT2D eigenvalue weighted by Crippen LogP contribution is -2.40. The van der Waals surface area contributed by atoms with E-state index in [4.69, 9.17) is 4.42 Å². The Morgan fingerprint density at radius 3 is 2.81 bits per heavy atom. The molecule has 1 aliphatic rings. The standard InChI is InChI=1S/C12H11FN2O/c13-10-4-2-1-3-9(10)11-7-16-12(15-11)8-5-14-6-8/h1-4,7-8,14H,5-6H2. The van der Waals surface area contributed by atoms with E-state index in [-0.39, 0.29) is 5.82 Å². The van der Waals surface area contributed by atoms with Gasteiger partial charge in [0.05, 0.1) is 5.92 Å². The van der Waals surface area contributed by atoms with Crippen LogP contribution in [0, 0.1) is 5.82 Å². The zero-order chi connectivity index (χ0) is 11.0. The highest BCUT2D eigenvalue weighted by Gasteiger charge is 2.24. The van der Waals surface area contributed by atoms with Crippen LogP contribution in [-0.4, -0.2) is 18.1 Å². The highest BCUT2D eigenvalue weighted by atomic mass is 19.1. The van der Waals surface area contributed by atoms with E-state index >= 15 is 0 Å². The smallest absolute Gasteiger partial charge is 0.200 e. The fourth-order valence-electron chi connectivity index (χ4n) is 1.73. The third kappa shape index (κ3) is 1.51. The second-order valence-corrected chi connectivity index (χ2v) is 3.91. The molecule has 0 atom stereocenters. The normalized spacial score (nSPS) is 16.1. The number of oxazole rings is 1.